The van der Waals surface area contributed by atoms with E-state index >= 15 is 0 Å². The van der Waals surface area contributed by atoms with Crippen LogP contribution in [0.15, 0.2) is 21.4 Å². The number of H-pyrrole nitrogens is 1. The number of hydrogen-bond donors (Lipinski definition) is 1. The lowest BCUT2D eigenvalue weighted by atomic mass is 10.2. The molecule has 2 nitrogen and oxygen atoms in total. The Kier molecular flexibility index (Phi) is 2.30. The fraction of sp³-hybridized carbons (Fsp3) is 0. The van der Waals surface area contributed by atoms with Gasteiger partial charge in [-0.2, -0.15) is 0 Å². The second-order valence-corrected chi connectivity index (χ2v) is 3.75. The Labute approximate surface area is 89.9 Å². The molecular formula is C9H3BrF3NO. The number of hydrogen-bond acceptors (Lipinski definition) is 1. The van der Waals surface area contributed by atoms with Gasteiger partial charge in [0.05, 0.1) is 9.99 Å². The molecule has 0 aliphatic carbocycles. The number of rotatable bonds is 0. The fourth-order valence-electron chi connectivity index (χ4n) is 1.23. The van der Waals surface area contributed by atoms with Crippen molar-refractivity contribution < 1.29 is 13.2 Å². The first kappa shape index (κ1) is 10.2. The van der Waals surface area contributed by atoms with Gasteiger partial charge in [-0.25, -0.2) is 13.2 Å². The van der Waals surface area contributed by atoms with Gasteiger partial charge in [-0.05, 0) is 28.1 Å². The van der Waals surface area contributed by atoms with Gasteiger partial charge >= 0.3 is 0 Å². The van der Waals surface area contributed by atoms with E-state index in [2.05, 4.69) is 20.9 Å². The highest BCUT2D eigenvalue weighted by Gasteiger charge is 2.14. The zero-order valence-electron chi connectivity index (χ0n) is 7.07. The fourth-order valence-corrected chi connectivity index (χ4v) is 1.58. The minimum atomic E-state index is -1.60. The lowest BCUT2D eigenvalue weighted by molar-refractivity contribution is 0.452. The first-order chi connectivity index (χ1) is 7.00. The maximum Gasteiger partial charge on any atom is 0.262 e. The van der Waals surface area contributed by atoms with E-state index in [1.165, 1.54) is 6.07 Å². The second kappa shape index (κ2) is 3.37. The summed E-state index contributed by atoms with van der Waals surface area (Å²) in [4.78, 5) is 13.2. The summed E-state index contributed by atoms with van der Waals surface area (Å²) >= 11 is 2.90. The van der Waals surface area contributed by atoms with E-state index in [0.717, 1.165) is 6.07 Å². The van der Waals surface area contributed by atoms with Gasteiger partial charge in [-0.15, -0.1) is 0 Å². The highest BCUT2D eigenvalue weighted by Crippen LogP contribution is 2.21. The van der Waals surface area contributed by atoms with Crippen molar-refractivity contribution in [2.45, 2.75) is 0 Å². The molecule has 1 N–H and O–H groups in total. The summed E-state index contributed by atoms with van der Waals surface area (Å²) in [6, 6.07) is 2.04. The van der Waals surface area contributed by atoms with E-state index in [1.807, 2.05) is 0 Å². The van der Waals surface area contributed by atoms with E-state index in [4.69, 9.17) is 0 Å². The van der Waals surface area contributed by atoms with Crippen molar-refractivity contribution in [3.63, 3.8) is 0 Å². The van der Waals surface area contributed by atoms with Crippen LogP contribution >= 0.6 is 15.9 Å². The third kappa shape index (κ3) is 1.54. The smallest absolute Gasteiger partial charge is 0.262 e. The molecule has 0 radical (unpaired) electrons. The number of aromatic amines is 1. The van der Waals surface area contributed by atoms with Gasteiger partial charge in [0.2, 0.25) is 0 Å². The molecule has 0 amide bonds. The number of fused-ring (bicyclic) bond motifs is 1. The van der Waals surface area contributed by atoms with Gasteiger partial charge < -0.3 is 4.98 Å². The average Bonchev–Trinajstić information content (AvgIpc) is 2.19. The third-order valence-electron chi connectivity index (χ3n) is 1.93. The zero-order chi connectivity index (χ0) is 11.2. The SMILES string of the molecule is O=c1[nH]c2c(F)c(F)c(F)cc2cc1Br. The summed E-state index contributed by atoms with van der Waals surface area (Å²) in [5.41, 5.74) is -0.950. The Balaban J connectivity index is 3.00. The van der Waals surface area contributed by atoms with Crippen LogP contribution in [0.2, 0.25) is 0 Å². The molecule has 0 aliphatic rings. The van der Waals surface area contributed by atoms with Crippen LogP contribution in [0, 0.1) is 17.5 Å². The molecule has 78 valence electrons. The molecule has 0 atom stereocenters. The van der Waals surface area contributed by atoms with Gasteiger partial charge in [-0.3, -0.25) is 4.79 Å². The zero-order valence-corrected chi connectivity index (χ0v) is 8.66. The summed E-state index contributed by atoms with van der Waals surface area (Å²) in [7, 11) is 0. The molecule has 0 fully saturated rings. The predicted molar refractivity (Wildman–Crippen MR) is 52.1 cm³/mol. The predicted octanol–water partition coefficient (Wildman–Crippen LogP) is 2.71. The molecule has 1 aromatic carbocycles. The molecule has 0 spiro atoms. The molecule has 15 heavy (non-hydrogen) atoms. The Hall–Kier alpha value is -1.30. The normalized spacial score (nSPS) is 10.9. The van der Waals surface area contributed by atoms with Crippen LogP contribution in [0.4, 0.5) is 13.2 Å². The molecule has 2 aromatic rings. The second-order valence-electron chi connectivity index (χ2n) is 2.90. The Morgan fingerprint density at radius 1 is 1.13 bits per heavy atom. The van der Waals surface area contributed by atoms with Gasteiger partial charge in [0, 0.05) is 5.39 Å². The largest absolute Gasteiger partial charge is 0.318 e. The minimum absolute atomic E-state index is 0.0814. The van der Waals surface area contributed by atoms with Crippen LogP contribution in [-0.4, -0.2) is 4.98 Å². The Morgan fingerprint density at radius 2 is 1.80 bits per heavy atom. The number of nitrogens with one attached hydrogen (secondary N) is 1. The summed E-state index contributed by atoms with van der Waals surface area (Å²) in [5.74, 6) is -4.28. The first-order valence-electron chi connectivity index (χ1n) is 3.86. The minimum Gasteiger partial charge on any atom is -0.318 e. The summed E-state index contributed by atoms with van der Waals surface area (Å²) < 4.78 is 38.9. The maximum absolute atomic E-state index is 13.2. The molecule has 0 aliphatic heterocycles. The Bertz CT molecular complexity index is 608. The van der Waals surface area contributed by atoms with E-state index in [9.17, 15) is 18.0 Å². The molecular weight excluding hydrogens is 275 g/mol. The summed E-state index contributed by atoms with van der Waals surface area (Å²) in [5, 5.41) is 0.0814. The average molecular weight is 278 g/mol. The summed E-state index contributed by atoms with van der Waals surface area (Å²) in [6.07, 6.45) is 0. The van der Waals surface area contributed by atoms with Gasteiger partial charge in [0.15, 0.2) is 17.5 Å². The van der Waals surface area contributed by atoms with Crippen LogP contribution in [-0.2, 0) is 0 Å². The van der Waals surface area contributed by atoms with Crippen LogP contribution in [0.5, 0.6) is 0 Å². The molecule has 0 bridgehead atoms. The first-order valence-corrected chi connectivity index (χ1v) is 4.66. The van der Waals surface area contributed by atoms with Crippen LogP contribution in [0.3, 0.4) is 0 Å². The molecule has 0 unspecified atom stereocenters. The molecule has 0 saturated heterocycles. The van der Waals surface area contributed by atoms with Crippen molar-refractivity contribution in [2.75, 3.05) is 0 Å². The highest BCUT2D eigenvalue weighted by molar-refractivity contribution is 9.10. The van der Waals surface area contributed by atoms with Crippen molar-refractivity contribution in [3.8, 4) is 0 Å². The lowest BCUT2D eigenvalue weighted by Gasteiger charge is -2.02. The highest BCUT2D eigenvalue weighted by atomic mass is 79.9. The van der Waals surface area contributed by atoms with Crippen molar-refractivity contribution in [3.05, 3.63) is 44.4 Å². The number of aromatic nitrogens is 1. The number of pyridine rings is 1. The maximum atomic E-state index is 13.2. The number of halogens is 4. The summed E-state index contributed by atoms with van der Waals surface area (Å²) in [6.45, 7) is 0. The quantitative estimate of drug-likeness (QED) is 0.738. The third-order valence-corrected chi connectivity index (χ3v) is 2.52. The van der Waals surface area contributed by atoms with E-state index in [-0.39, 0.29) is 15.4 Å². The van der Waals surface area contributed by atoms with E-state index in [0.29, 0.717) is 0 Å². The molecule has 6 heteroatoms. The van der Waals surface area contributed by atoms with Gasteiger partial charge in [-0.1, -0.05) is 0 Å². The molecule has 1 heterocycles. The van der Waals surface area contributed by atoms with Gasteiger partial charge in [0.25, 0.3) is 5.56 Å². The monoisotopic (exact) mass is 277 g/mol. The van der Waals surface area contributed by atoms with Crippen molar-refractivity contribution in [1.29, 1.82) is 0 Å². The lowest BCUT2D eigenvalue weighted by Crippen LogP contribution is -2.08. The standard InChI is InChI=1S/C9H3BrF3NO/c10-4-1-3-2-5(11)6(12)7(13)8(3)14-9(4)15/h1-2H,(H,14,15). The van der Waals surface area contributed by atoms with Gasteiger partial charge in [0.1, 0.15) is 0 Å². The van der Waals surface area contributed by atoms with Crippen molar-refractivity contribution in [1.82, 2.24) is 4.98 Å². The van der Waals surface area contributed by atoms with Crippen LogP contribution in [0.1, 0.15) is 0 Å². The van der Waals surface area contributed by atoms with Crippen molar-refractivity contribution in [2.24, 2.45) is 0 Å². The van der Waals surface area contributed by atoms with Crippen LogP contribution < -0.4 is 5.56 Å². The van der Waals surface area contributed by atoms with E-state index < -0.39 is 23.0 Å². The Morgan fingerprint density at radius 3 is 2.47 bits per heavy atom. The topological polar surface area (TPSA) is 32.9 Å². The van der Waals surface area contributed by atoms with E-state index in [1.54, 1.807) is 0 Å². The number of benzene rings is 1. The van der Waals surface area contributed by atoms with Crippen molar-refractivity contribution >= 4 is 26.8 Å². The molecule has 1 aromatic heterocycles. The van der Waals surface area contributed by atoms with Crippen LogP contribution in [0.25, 0.3) is 10.9 Å². The molecule has 2 rings (SSSR count). The molecule has 0 saturated carbocycles.